The van der Waals surface area contributed by atoms with E-state index < -0.39 is 0 Å². The summed E-state index contributed by atoms with van der Waals surface area (Å²) < 4.78 is 0. The van der Waals surface area contributed by atoms with Gasteiger partial charge in [0.25, 0.3) is 0 Å². The maximum Gasteiger partial charge on any atom is 0.228 e. The van der Waals surface area contributed by atoms with Crippen LogP contribution in [0.15, 0.2) is 29.6 Å². The molecule has 7 nitrogen and oxygen atoms in total. The second kappa shape index (κ2) is 10.7. The predicted molar refractivity (Wildman–Crippen MR) is 118 cm³/mol. The number of thiazole rings is 1. The number of rotatable bonds is 8. The summed E-state index contributed by atoms with van der Waals surface area (Å²) in [7, 11) is 0. The summed E-state index contributed by atoms with van der Waals surface area (Å²) in [5, 5.41) is 17.6. The topological polar surface area (TPSA) is 94.6 Å². The van der Waals surface area contributed by atoms with Crippen LogP contribution in [-0.2, 0) is 29.1 Å². The Kier molecular flexibility index (Phi) is 7.95. The lowest BCUT2D eigenvalue weighted by Gasteiger charge is -2.29. The van der Waals surface area contributed by atoms with Gasteiger partial charge in [-0.15, -0.1) is 11.3 Å². The van der Waals surface area contributed by atoms with Crippen molar-refractivity contribution in [2.24, 2.45) is 5.92 Å². The number of likely N-dealkylation sites (tertiary alicyclic amines) is 1. The number of piperidine rings is 1. The lowest BCUT2D eigenvalue weighted by Crippen LogP contribution is -2.35. The molecule has 1 aliphatic rings. The first kappa shape index (κ1) is 22.4. The SMILES string of the molecule is CC(C)C(=O)Nc1nc(CC(=O)NCc2ccc(CN3CCC(O)CC3)cc2)cs1. The quantitative estimate of drug-likeness (QED) is 0.598. The molecule has 3 rings (SSSR count). The average Bonchev–Trinajstić information content (AvgIpc) is 3.15. The number of nitrogens with zero attached hydrogens (tertiary/aromatic N) is 2. The van der Waals surface area contributed by atoms with Gasteiger partial charge in [0, 0.05) is 37.5 Å². The fraction of sp³-hybridized carbons (Fsp3) is 0.500. The first-order chi connectivity index (χ1) is 14.4. The molecule has 1 aromatic heterocycles. The van der Waals surface area contributed by atoms with Crippen LogP contribution in [0, 0.1) is 5.92 Å². The van der Waals surface area contributed by atoms with E-state index in [1.54, 1.807) is 5.38 Å². The fourth-order valence-corrected chi connectivity index (χ4v) is 3.93. The molecule has 0 bridgehead atoms. The first-order valence-electron chi connectivity index (χ1n) is 10.4. The van der Waals surface area contributed by atoms with Crippen LogP contribution in [0.3, 0.4) is 0 Å². The second-order valence-electron chi connectivity index (χ2n) is 8.07. The number of anilines is 1. The van der Waals surface area contributed by atoms with Crippen LogP contribution in [-0.4, -0.2) is 46.0 Å². The summed E-state index contributed by atoms with van der Waals surface area (Å²) in [5.74, 6) is -0.292. The van der Waals surface area contributed by atoms with Crippen molar-refractivity contribution in [1.82, 2.24) is 15.2 Å². The molecule has 1 fully saturated rings. The van der Waals surface area contributed by atoms with Gasteiger partial charge in [-0.2, -0.15) is 0 Å². The minimum Gasteiger partial charge on any atom is -0.393 e. The van der Waals surface area contributed by atoms with Crippen molar-refractivity contribution in [2.45, 2.75) is 52.3 Å². The molecule has 0 radical (unpaired) electrons. The van der Waals surface area contributed by atoms with E-state index in [1.807, 2.05) is 26.0 Å². The molecule has 2 amide bonds. The zero-order valence-corrected chi connectivity index (χ0v) is 18.4. The maximum absolute atomic E-state index is 12.2. The number of hydrogen-bond donors (Lipinski definition) is 3. The van der Waals surface area contributed by atoms with Gasteiger partial charge in [-0.25, -0.2) is 4.98 Å². The monoisotopic (exact) mass is 430 g/mol. The Balaban J connectivity index is 1.41. The summed E-state index contributed by atoms with van der Waals surface area (Å²) in [6.07, 6.45) is 1.72. The molecule has 2 aromatic rings. The Labute approximate surface area is 181 Å². The molecule has 162 valence electrons. The predicted octanol–water partition coefficient (Wildman–Crippen LogP) is 2.55. The molecule has 30 heavy (non-hydrogen) atoms. The maximum atomic E-state index is 12.2. The first-order valence-corrected chi connectivity index (χ1v) is 11.3. The molecule has 0 aliphatic carbocycles. The van der Waals surface area contributed by atoms with Crippen LogP contribution >= 0.6 is 11.3 Å². The number of hydrogen-bond acceptors (Lipinski definition) is 6. The van der Waals surface area contributed by atoms with Crippen molar-refractivity contribution in [3.63, 3.8) is 0 Å². The smallest absolute Gasteiger partial charge is 0.228 e. The number of aliphatic hydroxyl groups is 1. The van der Waals surface area contributed by atoms with Gasteiger partial charge >= 0.3 is 0 Å². The van der Waals surface area contributed by atoms with Gasteiger partial charge in [0.15, 0.2) is 5.13 Å². The van der Waals surface area contributed by atoms with Gasteiger partial charge in [0.2, 0.25) is 11.8 Å². The number of carbonyl (C=O) groups excluding carboxylic acids is 2. The fourth-order valence-electron chi connectivity index (χ4n) is 3.22. The molecule has 1 aliphatic heterocycles. The third-order valence-corrected chi connectivity index (χ3v) is 5.93. The van der Waals surface area contributed by atoms with Gasteiger partial charge < -0.3 is 15.7 Å². The Morgan fingerprint density at radius 1 is 1.20 bits per heavy atom. The lowest BCUT2D eigenvalue weighted by molar-refractivity contribution is -0.120. The number of benzene rings is 1. The molecule has 2 heterocycles. The van der Waals surface area contributed by atoms with Gasteiger partial charge in [-0.3, -0.25) is 14.5 Å². The van der Waals surface area contributed by atoms with Crippen molar-refractivity contribution in [3.05, 3.63) is 46.5 Å². The van der Waals surface area contributed by atoms with Crippen LogP contribution in [0.1, 0.15) is 43.5 Å². The van der Waals surface area contributed by atoms with Crippen LogP contribution in [0.2, 0.25) is 0 Å². The van der Waals surface area contributed by atoms with Gasteiger partial charge in [0.1, 0.15) is 0 Å². The summed E-state index contributed by atoms with van der Waals surface area (Å²) in [5.41, 5.74) is 2.93. The van der Waals surface area contributed by atoms with Gasteiger partial charge in [-0.1, -0.05) is 38.1 Å². The van der Waals surface area contributed by atoms with E-state index in [2.05, 4.69) is 32.7 Å². The van der Waals surface area contributed by atoms with Crippen LogP contribution in [0.5, 0.6) is 0 Å². The van der Waals surface area contributed by atoms with Crippen LogP contribution in [0.4, 0.5) is 5.13 Å². The number of aromatic nitrogens is 1. The highest BCUT2D eigenvalue weighted by molar-refractivity contribution is 7.13. The number of carbonyl (C=O) groups is 2. The highest BCUT2D eigenvalue weighted by atomic mass is 32.1. The highest BCUT2D eigenvalue weighted by Crippen LogP contribution is 2.17. The van der Waals surface area contributed by atoms with Crippen molar-refractivity contribution >= 4 is 28.3 Å². The second-order valence-corrected chi connectivity index (χ2v) is 8.92. The van der Waals surface area contributed by atoms with Crippen molar-refractivity contribution in [2.75, 3.05) is 18.4 Å². The van der Waals surface area contributed by atoms with Gasteiger partial charge in [-0.05, 0) is 24.0 Å². The molecule has 1 saturated heterocycles. The van der Waals surface area contributed by atoms with E-state index in [1.165, 1.54) is 16.9 Å². The Morgan fingerprint density at radius 2 is 1.87 bits per heavy atom. The Hall–Kier alpha value is -2.29. The zero-order valence-electron chi connectivity index (χ0n) is 17.6. The van der Waals surface area contributed by atoms with Crippen LogP contribution in [0.25, 0.3) is 0 Å². The molecule has 8 heteroatoms. The molecule has 0 atom stereocenters. The Morgan fingerprint density at radius 3 is 2.53 bits per heavy atom. The average molecular weight is 431 g/mol. The number of aliphatic hydroxyl groups excluding tert-OH is 1. The normalized spacial score (nSPS) is 15.3. The van der Waals surface area contributed by atoms with E-state index in [-0.39, 0.29) is 30.3 Å². The summed E-state index contributed by atoms with van der Waals surface area (Å²) in [6, 6.07) is 8.26. The molecular weight excluding hydrogens is 400 g/mol. The molecule has 0 unspecified atom stereocenters. The Bertz CT molecular complexity index is 842. The molecule has 0 saturated carbocycles. The largest absolute Gasteiger partial charge is 0.393 e. The third kappa shape index (κ3) is 6.90. The zero-order chi connectivity index (χ0) is 21.5. The van der Waals surface area contributed by atoms with E-state index in [4.69, 9.17) is 0 Å². The van der Waals surface area contributed by atoms with E-state index in [9.17, 15) is 14.7 Å². The number of amides is 2. The van der Waals surface area contributed by atoms with Crippen molar-refractivity contribution in [1.29, 1.82) is 0 Å². The molecule has 1 aromatic carbocycles. The highest BCUT2D eigenvalue weighted by Gasteiger charge is 2.17. The third-order valence-electron chi connectivity index (χ3n) is 5.12. The van der Waals surface area contributed by atoms with Crippen molar-refractivity contribution in [3.8, 4) is 0 Å². The van der Waals surface area contributed by atoms with Crippen LogP contribution < -0.4 is 10.6 Å². The minimum atomic E-state index is -0.151. The standard InChI is InChI=1S/C22H30N4O3S/c1-15(2)21(29)25-22-24-18(14-30-22)11-20(28)23-12-16-3-5-17(6-4-16)13-26-9-7-19(27)8-10-26/h3-6,14-15,19,27H,7-13H2,1-2H3,(H,23,28)(H,24,25,29). The lowest BCUT2D eigenvalue weighted by atomic mass is 10.1. The molecule has 0 spiro atoms. The van der Waals surface area contributed by atoms with Crippen molar-refractivity contribution < 1.29 is 14.7 Å². The molecular formula is C22H30N4O3S. The molecule has 3 N–H and O–H groups in total. The van der Waals surface area contributed by atoms with E-state index in [0.717, 1.165) is 38.0 Å². The van der Waals surface area contributed by atoms with E-state index >= 15 is 0 Å². The summed E-state index contributed by atoms with van der Waals surface area (Å²) in [4.78, 5) is 30.6. The minimum absolute atomic E-state index is 0.0818. The summed E-state index contributed by atoms with van der Waals surface area (Å²) >= 11 is 1.33. The van der Waals surface area contributed by atoms with E-state index in [0.29, 0.717) is 17.4 Å². The summed E-state index contributed by atoms with van der Waals surface area (Å²) in [6.45, 7) is 6.86. The number of nitrogens with one attached hydrogen (secondary N) is 2. The van der Waals surface area contributed by atoms with Gasteiger partial charge in [0.05, 0.1) is 18.2 Å².